The van der Waals surface area contributed by atoms with Crippen molar-refractivity contribution in [2.45, 2.75) is 20.4 Å². The molecule has 5 heteroatoms. The van der Waals surface area contributed by atoms with E-state index < -0.39 is 0 Å². The number of aryl methyl sites for hydroxylation is 2. The number of anilines is 1. The first kappa shape index (κ1) is 14.0. The highest BCUT2D eigenvalue weighted by molar-refractivity contribution is 5.99. The Kier molecular flexibility index (Phi) is 4.32. The molecule has 2 aromatic rings. The quantitative estimate of drug-likeness (QED) is 0.585. The van der Waals surface area contributed by atoms with Crippen LogP contribution in [0.25, 0.3) is 0 Å². The van der Waals surface area contributed by atoms with E-state index in [2.05, 4.69) is 15.7 Å². The van der Waals surface area contributed by atoms with Crippen LogP contribution in [0.3, 0.4) is 0 Å². The molecule has 0 aliphatic carbocycles. The summed E-state index contributed by atoms with van der Waals surface area (Å²) in [5.74, 6) is 5.26. The van der Waals surface area contributed by atoms with Crippen molar-refractivity contribution >= 4 is 11.6 Å². The summed E-state index contributed by atoms with van der Waals surface area (Å²) >= 11 is 0. The zero-order valence-electron chi connectivity index (χ0n) is 11.6. The maximum atomic E-state index is 12.2. The molecule has 104 valence electrons. The molecule has 1 heterocycles. The standard InChI is InChI=1S/C15H18N4O/c1-10-3-6-14(19-16)13(7-10)15(20)18-9-12-5-4-11(2)17-8-12/h3-8,19H,9,16H2,1-2H3,(H,18,20). The molecule has 2 rings (SSSR count). The van der Waals surface area contributed by atoms with Crippen LogP contribution in [-0.4, -0.2) is 10.9 Å². The molecule has 0 unspecified atom stereocenters. The van der Waals surface area contributed by atoms with Crippen LogP contribution < -0.4 is 16.6 Å². The minimum absolute atomic E-state index is 0.165. The maximum absolute atomic E-state index is 12.2. The van der Waals surface area contributed by atoms with Crippen molar-refractivity contribution < 1.29 is 4.79 Å². The highest BCUT2D eigenvalue weighted by atomic mass is 16.1. The molecule has 0 bridgehead atoms. The zero-order chi connectivity index (χ0) is 14.5. The van der Waals surface area contributed by atoms with Gasteiger partial charge in [0, 0.05) is 18.4 Å². The molecule has 0 radical (unpaired) electrons. The monoisotopic (exact) mass is 270 g/mol. The summed E-state index contributed by atoms with van der Waals surface area (Å²) in [5, 5.41) is 2.86. The molecule has 0 saturated heterocycles. The summed E-state index contributed by atoms with van der Waals surface area (Å²) in [6.45, 7) is 4.29. The van der Waals surface area contributed by atoms with Crippen molar-refractivity contribution in [2.24, 2.45) is 5.84 Å². The van der Waals surface area contributed by atoms with Gasteiger partial charge >= 0.3 is 0 Å². The van der Waals surface area contributed by atoms with E-state index in [0.717, 1.165) is 16.8 Å². The lowest BCUT2D eigenvalue weighted by atomic mass is 10.1. The van der Waals surface area contributed by atoms with Gasteiger partial charge in [0.05, 0.1) is 11.3 Å². The molecule has 0 spiro atoms. The van der Waals surface area contributed by atoms with Crippen molar-refractivity contribution in [3.8, 4) is 0 Å². The highest BCUT2D eigenvalue weighted by Crippen LogP contribution is 2.16. The average molecular weight is 270 g/mol. The van der Waals surface area contributed by atoms with Crippen LogP contribution in [0.2, 0.25) is 0 Å². The van der Waals surface area contributed by atoms with Crippen LogP contribution in [0.5, 0.6) is 0 Å². The van der Waals surface area contributed by atoms with Crippen LogP contribution in [0.1, 0.15) is 27.2 Å². The molecule has 0 aliphatic heterocycles. The first-order chi connectivity index (χ1) is 9.60. The summed E-state index contributed by atoms with van der Waals surface area (Å²) in [4.78, 5) is 16.4. The molecule has 0 atom stereocenters. The van der Waals surface area contributed by atoms with E-state index >= 15 is 0 Å². The minimum Gasteiger partial charge on any atom is -0.348 e. The average Bonchev–Trinajstić information content (AvgIpc) is 2.46. The third-order valence-electron chi connectivity index (χ3n) is 3.00. The Hall–Kier alpha value is -2.40. The van der Waals surface area contributed by atoms with Crippen molar-refractivity contribution in [1.29, 1.82) is 0 Å². The molecule has 1 aromatic carbocycles. The van der Waals surface area contributed by atoms with Gasteiger partial charge in [0.25, 0.3) is 5.91 Å². The molecular formula is C15H18N4O. The number of rotatable bonds is 4. The fourth-order valence-electron chi connectivity index (χ4n) is 1.85. The SMILES string of the molecule is Cc1ccc(NN)c(C(=O)NCc2ccc(C)nc2)c1. The third-order valence-corrected chi connectivity index (χ3v) is 3.00. The number of nitrogens with two attached hydrogens (primary N) is 1. The normalized spacial score (nSPS) is 10.2. The Morgan fingerprint density at radius 3 is 2.70 bits per heavy atom. The van der Waals surface area contributed by atoms with Crippen molar-refractivity contribution in [3.63, 3.8) is 0 Å². The number of aromatic nitrogens is 1. The second-order valence-corrected chi connectivity index (χ2v) is 4.68. The lowest BCUT2D eigenvalue weighted by Crippen LogP contribution is -2.25. The van der Waals surface area contributed by atoms with Gasteiger partial charge in [-0.25, -0.2) is 0 Å². The van der Waals surface area contributed by atoms with Crippen molar-refractivity contribution in [2.75, 3.05) is 5.43 Å². The molecule has 0 saturated carbocycles. The van der Waals surface area contributed by atoms with E-state index in [0.29, 0.717) is 17.8 Å². The summed E-state index contributed by atoms with van der Waals surface area (Å²) < 4.78 is 0. The number of nitrogens with one attached hydrogen (secondary N) is 2. The Labute approximate surface area is 118 Å². The van der Waals surface area contributed by atoms with Crippen LogP contribution in [0.15, 0.2) is 36.5 Å². The van der Waals surface area contributed by atoms with E-state index in [9.17, 15) is 4.79 Å². The Bertz CT molecular complexity index is 608. The van der Waals surface area contributed by atoms with Gasteiger partial charge < -0.3 is 10.7 Å². The van der Waals surface area contributed by atoms with Crippen molar-refractivity contribution in [3.05, 3.63) is 58.9 Å². The summed E-state index contributed by atoms with van der Waals surface area (Å²) in [6, 6.07) is 9.35. The number of hydrogen-bond donors (Lipinski definition) is 3. The van der Waals surface area contributed by atoms with Crippen LogP contribution in [-0.2, 0) is 6.54 Å². The number of hydrazine groups is 1. The van der Waals surface area contributed by atoms with Gasteiger partial charge in [-0.3, -0.25) is 15.6 Å². The fraction of sp³-hybridized carbons (Fsp3) is 0.200. The van der Waals surface area contributed by atoms with Gasteiger partial charge in [-0.2, -0.15) is 0 Å². The van der Waals surface area contributed by atoms with E-state index in [-0.39, 0.29) is 5.91 Å². The van der Waals surface area contributed by atoms with Crippen molar-refractivity contribution in [1.82, 2.24) is 10.3 Å². The van der Waals surface area contributed by atoms with E-state index in [1.54, 1.807) is 18.3 Å². The number of pyridine rings is 1. The number of nitrogen functional groups attached to an aromatic ring is 1. The Balaban J connectivity index is 2.08. The van der Waals surface area contributed by atoms with Crippen LogP contribution in [0, 0.1) is 13.8 Å². The number of carbonyl (C=O) groups is 1. The predicted octanol–water partition coefficient (Wildman–Crippen LogP) is 1.91. The van der Waals surface area contributed by atoms with E-state index in [4.69, 9.17) is 5.84 Å². The molecule has 20 heavy (non-hydrogen) atoms. The molecule has 1 amide bonds. The van der Waals surface area contributed by atoms with Gasteiger partial charge in [0.1, 0.15) is 0 Å². The minimum atomic E-state index is -0.165. The van der Waals surface area contributed by atoms with Gasteiger partial charge in [-0.15, -0.1) is 0 Å². The number of benzene rings is 1. The van der Waals surface area contributed by atoms with Gasteiger partial charge in [0.15, 0.2) is 0 Å². The number of amides is 1. The first-order valence-corrected chi connectivity index (χ1v) is 6.37. The van der Waals surface area contributed by atoms with E-state index in [1.165, 1.54) is 0 Å². The predicted molar refractivity (Wildman–Crippen MR) is 79.1 cm³/mol. The Morgan fingerprint density at radius 1 is 1.25 bits per heavy atom. The molecule has 0 fully saturated rings. The Morgan fingerprint density at radius 2 is 2.05 bits per heavy atom. The summed E-state index contributed by atoms with van der Waals surface area (Å²) in [5.41, 5.74) is 6.59. The molecule has 1 aromatic heterocycles. The lowest BCUT2D eigenvalue weighted by Gasteiger charge is -2.10. The molecule has 5 nitrogen and oxygen atoms in total. The maximum Gasteiger partial charge on any atom is 0.253 e. The topological polar surface area (TPSA) is 80.0 Å². The van der Waals surface area contributed by atoms with Crippen LogP contribution in [0.4, 0.5) is 5.69 Å². The molecular weight excluding hydrogens is 252 g/mol. The number of nitrogens with zero attached hydrogens (tertiary/aromatic N) is 1. The fourth-order valence-corrected chi connectivity index (χ4v) is 1.85. The summed E-state index contributed by atoms with van der Waals surface area (Å²) in [6.07, 6.45) is 1.76. The summed E-state index contributed by atoms with van der Waals surface area (Å²) in [7, 11) is 0. The zero-order valence-corrected chi connectivity index (χ0v) is 11.6. The first-order valence-electron chi connectivity index (χ1n) is 6.37. The second kappa shape index (κ2) is 6.16. The largest absolute Gasteiger partial charge is 0.348 e. The lowest BCUT2D eigenvalue weighted by molar-refractivity contribution is 0.0951. The second-order valence-electron chi connectivity index (χ2n) is 4.68. The molecule has 4 N–H and O–H groups in total. The van der Waals surface area contributed by atoms with Gasteiger partial charge in [-0.1, -0.05) is 17.7 Å². The smallest absolute Gasteiger partial charge is 0.253 e. The highest BCUT2D eigenvalue weighted by Gasteiger charge is 2.10. The van der Waals surface area contributed by atoms with Gasteiger partial charge in [0.2, 0.25) is 0 Å². The van der Waals surface area contributed by atoms with Gasteiger partial charge in [-0.05, 0) is 37.6 Å². The number of hydrogen-bond acceptors (Lipinski definition) is 4. The van der Waals surface area contributed by atoms with Crippen LogP contribution >= 0.6 is 0 Å². The molecule has 0 aliphatic rings. The van der Waals surface area contributed by atoms with E-state index in [1.807, 2.05) is 32.0 Å². The number of carbonyl (C=O) groups excluding carboxylic acids is 1. The third kappa shape index (κ3) is 3.33.